The first kappa shape index (κ1) is 12.4. The Kier molecular flexibility index (Phi) is 3.82. The van der Waals surface area contributed by atoms with E-state index in [-0.39, 0.29) is 5.91 Å². The number of carbonyl (C=O) groups excluding carboxylic acids is 1. The average Bonchev–Trinajstić information content (AvgIpc) is 2.77. The normalized spacial score (nSPS) is 11.2. The lowest BCUT2D eigenvalue weighted by molar-refractivity contribution is 0.0929. The van der Waals surface area contributed by atoms with E-state index in [1.165, 1.54) is 0 Å². The fourth-order valence-electron chi connectivity index (χ4n) is 1.80. The maximum atomic E-state index is 11.8. The molecule has 0 fully saturated rings. The summed E-state index contributed by atoms with van der Waals surface area (Å²) in [5.74, 6) is 0.212. The van der Waals surface area contributed by atoms with Gasteiger partial charge in [-0.2, -0.15) is 0 Å². The van der Waals surface area contributed by atoms with E-state index >= 15 is 0 Å². The maximum Gasteiger partial charge on any atom is 0.287 e. The minimum absolute atomic E-state index is 0.159. The number of fused-ring (bicyclic) bond motifs is 1. The number of amides is 1. The number of furan rings is 1. The second-order valence-corrected chi connectivity index (χ2v) is 4.27. The summed E-state index contributed by atoms with van der Waals surface area (Å²) in [5.41, 5.74) is 1.91. The molecule has 94 valence electrons. The summed E-state index contributed by atoms with van der Waals surface area (Å²) in [6.45, 7) is 4.60. The topological polar surface area (TPSA) is 42.2 Å². The number of hydrogen-bond donors (Lipinski definition) is 1. The van der Waals surface area contributed by atoms with Gasteiger partial charge in [-0.15, -0.1) is 0 Å². The zero-order valence-corrected chi connectivity index (χ0v) is 10.7. The lowest BCUT2D eigenvalue weighted by Crippen LogP contribution is -2.23. The van der Waals surface area contributed by atoms with E-state index in [1.807, 2.05) is 44.2 Å². The van der Waals surface area contributed by atoms with E-state index in [9.17, 15) is 4.79 Å². The Morgan fingerprint density at radius 2 is 2.22 bits per heavy atom. The van der Waals surface area contributed by atoms with Gasteiger partial charge in [-0.1, -0.05) is 23.8 Å². The quantitative estimate of drug-likeness (QED) is 0.660. The molecule has 1 heterocycles. The summed E-state index contributed by atoms with van der Waals surface area (Å²) >= 11 is 0. The molecule has 0 spiro atoms. The molecule has 0 aliphatic heterocycles. The molecule has 0 saturated heterocycles. The van der Waals surface area contributed by atoms with Gasteiger partial charge < -0.3 is 9.73 Å². The van der Waals surface area contributed by atoms with Gasteiger partial charge in [0.15, 0.2) is 5.76 Å². The Labute approximate surface area is 106 Å². The third kappa shape index (κ3) is 2.80. The maximum absolute atomic E-state index is 11.8. The number of rotatable bonds is 4. The predicted octanol–water partition coefficient (Wildman–Crippen LogP) is 3.44. The van der Waals surface area contributed by atoms with Crippen LogP contribution in [0.2, 0.25) is 0 Å². The van der Waals surface area contributed by atoms with Gasteiger partial charge in [-0.05, 0) is 38.5 Å². The van der Waals surface area contributed by atoms with Crippen molar-refractivity contribution in [2.24, 2.45) is 0 Å². The Balaban J connectivity index is 2.08. The van der Waals surface area contributed by atoms with Crippen LogP contribution in [-0.4, -0.2) is 12.5 Å². The van der Waals surface area contributed by atoms with Crippen molar-refractivity contribution in [3.63, 3.8) is 0 Å². The fourth-order valence-corrected chi connectivity index (χ4v) is 1.80. The van der Waals surface area contributed by atoms with Crippen molar-refractivity contribution >= 4 is 16.9 Å². The van der Waals surface area contributed by atoms with Crippen molar-refractivity contribution in [2.75, 3.05) is 6.54 Å². The van der Waals surface area contributed by atoms with Crippen LogP contribution in [0.15, 0.2) is 40.8 Å². The average molecular weight is 243 g/mol. The van der Waals surface area contributed by atoms with Gasteiger partial charge in [-0.3, -0.25) is 4.79 Å². The molecule has 3 heteroatoms. The standard InChI is InChI=1S/C15H17NO2/c1-3-4-5-8-16-15(17)14-10-12-9-11(2)6-7-13(12)18-14/h3-4,6-7,9-10H,5,8H2,1-2H3,(H,16,17)/b4-3+. The number of benzene rings is 1. The Morgan fingerprint density at radius 3 is 3.00 bits per heavy atom. The van der Waals surface area contributed by atoms with E-state index in [0.717, 1.165) is 23.0 Å². The molecule has 2 aromatic rings. The van der Waals surface area contributed by atoms with E-state index in [4.69, 9.17) is 4.42 Å². The van der Waals surface area contributed by atoms with Crippen LogP contribution < -0.4 is 5.32 Å². The smallest absolute Gasteiger partial charge is 0.287 e. The molecule has 0 aliphatic rings. The number of carbonyl (C=O) groups is 1. The molecule has 3 nitrogen and oxygen atoms in total. The molecule has 18 heavy (non-hydrogen) atoms. The lowest BCUT2D eigenvalue weighted by Gasteiger charge is -1.99. The van der Waals surface area contributed by atoms with Crippen LogP contribution in [-0.2, 0) is 0 Å². The van der Waals surface area contributed by atoms with Gasteiger partial charge in [-0.25, -0.2) is 0 Å². The minimum Gasteiger partial charge on any atom is -0.451 e. The van der Waals surface area contributed by atoms with Crippen LogP contribution in [0.3, 0.4) is 0 Å². The van der Waals surface area contributed by atoms with Crippen molar-refractivity contribution < 1.29 is 9.21 Å². The van der Waals surface area contributed by atoms with Crippen LogP contribution in [0.25, 0.3) is 11.0 Å². The number of hydrogen-bond acceptors (Lipinski definition) is 2. The molecule has 1 aromatic carbocycles. The second kappa shape index (κ2) is 5.54. The first-order valence-corrected chi connectivity index (χ1v) is 6.10. The van der Waals surface area contributed by atoms with Crippen LogP contribution in [0, 0.1) is 6.92 Å². The predicted molar refractivity (Wildman–Crippen MR) is 72.7 cm³/mol. The highest BCUT2D eigenvalue weighted by atomic mass is 16.3. The first-order chi connectivity index (χ1) is 8.70. The molecule has 1 amide bonds. The number of aryl methyl sites for hydroxylation is 1. The monoisotopic (exact) mass is 243 g/mol. The van der Waals surface area contributed by atoms with Gasteiger partial charge in [0, 0.05) is 11.9 Å². The van der Waals surface area contributed by atoms with E-state index in [0.29, 0.717) is 12.3 Å². The zero-order valence-electron chi connectivity index (χ0n) is 10.7. The molecule has 2 rings (SSSR count). The highest BCUT2D eigenvalue weighted by Crippen LogP contribution is 2.20. The summed E-state index contributed by atoms with van der Waals surface area (Å²) in [5, 5.41) is 3.79. The van der Waals surface area contributed by atoms with E-state index in [2.05, 4.69) is 5.32 Å². The second-order valence-electron chi connectivity index (χ2n) is 4.27. The lowest BCUT2D eigenvalue weighted by atomic mass is 10.2. The summed E-state index contributed by atoms with van der Waals surface area (Å²) < 4.78 is 5.51. The molecular weight excluding hydrogens is 226 g/mol. The summed E-state index contributed by atoms with van der Waals surface area (Å²) in [6, 6.07) is 7.66. The third-order valence-corrected chi connectivity index (χ3v) is 2.73. The SMILES string of the molecule is C/C=C/CCNC(=O)c1cc2cc(C)ccc2o1. The molecular formula is C15H17NO2. The Hall–Kier alpha value is -2.03. The molecule has 0 unspecified atom stereocenters. The van der Waals surface area contributed by atoms with Crippen molar-refractivity contribution in [1.29, 1.82) is 0 Å². The molecule has 0 radical (unpaired) electrons. The minimum atomic E-state index is -0.159. The third-order valence-electron chi connectivity index (χ3n) is 2.73. The molecule has 0 aliphatic carbocycles. The van der Waals surface area contributed by atoms with Crippen LogP contribution in [0.4, 0.5) is 0 Å². The van der Waals surface area contributed by atoms with Crippen LogP contribution in [0.5, 0.6) is 0 Å². The van der Waals surface area contributed by atoms with Gasteiger partial charge >= 0.3 is 0 Å². The summed E-state index contributed by atoms with van der Waals surface area (Å²) in [4.78, 5) is 11.8. The van der Waals surface area contributed by atoms with Crippen molar-refractivity contribution in [1.82, 2.24) is 5.32 Å². The molecule has 0 atom stereocenters. The van der Waals surface area contributed by atoms with Crippen LogP contribution in [0.1, 0.15) is 29.5 Å². The fraction of sp³-hybridized carbons (Fsp3) is 0.267. The molecule has 0 bridgehead atoms. The zero-order chi connectivity index (χ0) is 13.0. The molecule has 0 saturated carbocycles. The van der Waals surface area contributed by atoms with Gasteiger partial charge in [0.1, 0.15) is 5.58 Å². The van der Waals surface area contributed by atoms with Gasteiger partial charge in [0.2, 0.25) is 0 Å². The number of nitrogens with one attached hydrogen (secondary N) is 1. The van der Waals surface area contributed by atoms with Crippen molar-refractivity contribution in [3.8, 4) is 0 Å². The molecule has 1 N–H and O–H groups in total. The molecule has 1 aromatic heterocycles. The Bertz CT molecular complexity index is 581. The summed E-state index contributed by atoms with van der Waals surface area (Å²) in [6.07, 6.45) is 4.82. The van der Waals surface area contributed by atoms with E-state index in [1.54, 1.807) is 6.07 Å². The van der Waals surface area contributed by atoms with Crippen molar-refractivity contribution in [2.45, 2.75) is 20.3 Å². The largest absolute Gasteiger partial charge is 0.451 e. The number of allylic oxidation sites excluding steroid dienone is 1. The highest BCUT2D eigenvalue weighted by Gasteiger charge is 2.11. The first-order valence-electron chi connectivity index (χ1n) is 6.10. The van der Waals surface area contributed by atoms with E-state index < -0.39 is 0 Å². The van der Waals surface area contributed by atoms with Gasteiger partial charge in [0.25, 0.3) is 5.91 Å². The van der Waals surface area contributed by atoms with Crippen molar-refractivity contribution in [3.05, 3.63) is 47.7 Å². The van der Waals surface area contributed by atoms with Crippen LogP contribution >= 0.6 is 0 Å². The Morgan fingerprint density at radius 1 is 1.39 bits per heavy atom. The highest BCUT2D eigenvalue weighted by molar-refractivity contribution is 5.96. The van der Waals surface area contributed by atoms with Gasteiger partial charge in [0.05, 0.1) is 0 Å². The summed E-state index contributed by atoms with van der Waals surface area (Å²) in [7, 11) is 0.